The predicted molar refractivity (Wildman–Crippen MR) is 152 cm³/mol. The first kappa shape index (κ1) is 26.1. The summed E-state index contributed by atoms with van der Waals surface area (Å²) in [5.74, 6) is -0.607. The average Bonchev–Trinajstić information content (AvgIpc) is 3.37. The Kier molecular flexibility index (Phi) is 7.70. The van der Waals surface area contributed by atoms with Crippen LogP contribution in [0, 0.1) is 6.92 Å². The number of benzene rings is 3. The number of nitrogens with zero attached hydrogens (tertiary/aromatic N) is 3. The molecular formula is C32H32N4O3. The Hall–Kier alpha value is -4.49. The molecule has 0 bridgehead atoms. The summed E-state index contributed by atoms with van der Waals surface area (Å²) in [7, 11) is 0. The number of hydrogen-bond acceptors (Lipinski definition) is 4. The Bertz CT molecular complexity index is 1470. The van der Waals surface area contributed by atoms with Crippen LogP contribution in [0.15, 0.2) is 96.8 Å². The molecule has 5 rings (SSSR count). The van der Waals surface area contributed by atoms with Crippen LogP contribution in [0.4, 0.5) is 0 Å². The molecule has 1 aromatic heterocycles. The maximum absolute atomic E-state index is 13.9. The molecule has 198 valence electrons. The molecule has 1 saturated heterocycles. The van der Waals surface area contributed by atoms with Crippen LogP contribution in [0.5, 0.6) is 0 Å². The number of morpholine rings is 1. The lowest BCUT2D eigenvalue weighted by Gasteiger charge is -2.35. The van der Waals surface area contributed by atoms with Crippen molar-refractivity contribution in [2.24, 2.45) is 0 Å². The van der Waals surface area contributed by atoms with Crippen molar-refractivity contribution in [3.05, 3.63) is 114 Å². The number of carbonyl (C=O) groups is 2. The number of aryl methyl sites for hydroxylation is 1. The van der Waals surface area contributed by atoms with Gasteiger partial charge in [-0.25, -0.2) is 4.68 Å². The normalized spacial score (nSPS) is 17.6. The third-order valence-electron chi connectivity index (χ3n) is 6.61. The number of nitrogens with one attached hydrogen (secondary N) is 1. The first-order chi connectivity index (χ1) is 18.9. The fraction of sp³-hybridized carbons (Fsp3) is 0.219. The van der Waals surface area contributed by atoms with Crippen molar-refractivity contribution in [3.63, 3.8) is 0 Å². The molecule has 0 radical (unpaired) electrons. The first-order valence-electron chi connectivity index (χ1n) is 13.1. The number of hydrogen-bond donors (Lipinski definition) is 1. The Morgan fingerprint density at radius 3 is 2.15 bits per heavy atom. The van der Waals surface area contributed by atoms with Gasteiger partial charge in [0, 0.05) is 36.0 Å². The van der Waals surface area contributed by atoms with Gasteiger partial charge in [0.15, 0.2) is 0 Å². The third-order valence-corrected chi connectivity index (χ3v) is 6.61. The Morgan fingerprint density at radius 1 is 0.897 bits per heavy atom. The minimum absolute atomic E-state index is 0.104. The van der Waals surface area contributed by atoms with Gasteiger partial charge in [-0.15, -0.1) is 0 Å². The zero-order valence-corrected chi connectivity index (χ0v) is 22.4. The van der Waals surface area contributed by atoms with Crippen LogP contribution >= 0.6 is 0 Å². The molecule has 1 aliphatic heterocycles. The van der Waals surface area contributed by atoms with E-state index in [2.05, 4.69) is 5.32 Å². The summed E-state index contributed by atoms with van der Waals surface area (Å²) in [5, 5.41) is 7.77. The van der Waals surface area contributed by atoms with Gasteiger partial charge in [-0.1, -0.05) is 66.2 Å². The summed E-state index contributed by atoms with van der Waals surface area (Å²) in [4.78, 5) is 28.9. The first-order valence-corrected chi connectivity index (χ1v) is 13.1. The van der Waals surface area contributed by atoms with Gasteiger partial charge in [0.05, 0.1) is 17.9 Å². The molecule has 0 saturated carbocycles. The van der Waals surface area contributed by atoms with Gasteiger partial charge >= 0.3 is 0 Å². The number of rotatable bonds is 6. The second kappa shape index (κ2) is 11.5. The largest absolute Gasteiger partial charge is 0.372 e. The van der Waals surface area contributed by atoms with E-state index in [4.69, 9.17) is 9.84 Å². The summed E-state index contributed by atoms with van der Waals surface area (Å²) >= 11 is 0. The minimum Gasteiger partial charge on any atom is -0.372 e. The molecule has 0 aliphatic carbocycles. The molecule has 2 atom stereocenters. The van der Waals surface area contributed by atoms with Crippen LogP contribution < -0.4 is 5.32 Å². The lowest BCUT2D eigenvalue weighted by molar-refractivity contribution is -0.139. The van der Waals surface area contributed by atoms with Crippen molar-refractivity contribution in [2.75, 3.05) is 13.1 Å². The zero-order valence-electron chi connectivity index (χ0n) is 22.4. The monoisotopic (exact) mass is 520 g/mol. The number of para-hydroxylation sites is 1. The number of amides is 2. The minimum atomic E-state index is -0.347. The van der Waals surface area contributed by atoms with E-state index in [1.54, 1.807) is 27.8 Å². The van der Waals surface area contributed by atoms with Crippen LogP contribution in [-0.4, -0.2) is 51.8 Å². The van der Waals surface area contributed by atoms with E-state index in [0.29, 0.717) is 29.9 Å². The van der Waals surface area contributed by atoms with Crippen LogP contribution in [0.2, 0.25) is 0 Å². The van der Waals surface area contributed by atoms with E-state index in [1.807, 2.05) is 99.8 Å². The molecule has 7 nitrogen and oxygen atoms in total. The van der Waals surface area contributed by atoms with E-state index in [0.717, 1.165) is 16.8 Å². The van der Waals surface area contributed by atoms with Crippen LogP contribution in [-0.2, 0) is 9.53 Å². The van der Waals surface area contributed by atoms with Crippen molar-refractivity contribution in [1.29, 1.82) is 0 Å². The van der Waals surface area contributed by atoms with E-state index in [1.165, 1.54) is 0 Å². The van der Waals surface area contributed by atoms with E-state index >= 15 is 0 Å². The fourth-order valence-corrected chi connectivity index (χ4v) is 4.75. The van der Waals surface area contributed by atoms with Crippen molar-refractivity contribution in [1.82, 2.24) is 20.0 Å². The Balaban J connectivity index is 1.59. The maximum Gasteiger partial charge on any atom is 0.270 e. The molecule has 0 unspecified atom stereocenters. The Morgan fingerprint density at radius 2 is 1.51 bits per heavy atom. The average molecular weight is 521 g/mol. The third kappa shape index (κ3) is 6.16. The maximum atomic E-state index is 13.9. The molecule has 4 aromatic rings. The highest BCUT2D eigenvalue weighted by atomic mass is 16.5. The molecule has 3 aromatic carbocycles. The highest BCUT2D eigenvalue weighted by Crippen LogP contribution is 2.26. The van der Waals surface area contributed by atoms with Crippen molar-refractivity contribution >= 4 is 17.9 Å². The van der Waals surface area contributed by atoms with Gasteiger partial charge in [-0.05, 0) is 51.1 Å². The molecule has 2 heterocycles. The van der Waals surface area contributed by atoms with Crippen molar-refractivity contribution in [2.45, 2.75) is 33.0 Å². The topological polar surface area (TPSA) is 76.5 Å². The molecule has 2 amide bonds. The van der Waals surface area contributed by atoms with Crippen LogP contribution in [0.1, 0.15) is 35.3 Å². The van der Waals surface area contributed by atoms with Gasteiger partial charge < -0.3 is 15.0 Å². The molecule has 0 spiro atoms. The van der Waals surface area contributed by atoms with E-state index in [9.17, 15) is 9.59 Å². The van der Waals surface area contributed by atoms with Gasteiger partial charge in [0.1, 0.15) is 11.4 Å². The lowest BCUT2D eigenvalue weighted by Crippen LogP contribution is -2.50. The summed E-state index contributed by atoms with van der Waals surface area (Å²) in [6, 6.07) is 26.9. The standard InChI is InChI=1S/C32H32N4O3/c1-22-14-16-26(17-15-22)31(37)33-29(32(38)35-19-23(2)39-24(3)20-35)18-27-21-36(28-12-8-5-9-13-28)34-30(27)25-10-6-4-7-11-25/h4-18,21,23-24H,19-20H2,1-3H3,(H,33,37)/b29-18-/t23-,24-/m0/s1. The molecule has 7 heteroatoms. The van der Waals surface area contributed by atoms with E-state index < -0.39 is 0 Å². The Labute approximate surface area is 228 Å². The second-order valence-corrected chi connectivity index (χ2v) is 9.92. The molecule has 1 aliphatic rings. The molecule has 39 heavy (non-hydrogen) atoms. The fourth-order valence-electron chi connectivity index (χ4n) is 4.75. The second-order valence-electron chi connectivity index (χ2n) is 9.92. The van der Waals surface area contributed by atoms with Crippen LogP contribution in [0.25, 0.3) is 23.0 Å². The van der Waals surface area contributed by atoms with Crippen molar-refractivity contribution < 1.29 is 14.3 Å². The van der Waals surface area contributed by atoms with Gasteiger partial charge in [-0.3, -0.25) is 9.59 Å². The molecule has 1 fully saturated rings. The summed E-state index contributed by atoms with van der Waals surface area (Å²) in [6.45, 7) is 6.74. The van der Waals surface area contributed by atoms with Crippen molar-refractivity contribution in [3.8, 4) is 16.9 Å². The zero-order chi connectivity index (χ0) is 27.4. The summed E-state index contributed by atoms with van der Waals surface area (Å²) < 4.78 is 7.63. The summed E-state index contributed by atoms with van der Waals surface area (Å²) in [5.41, 5.74) is 4.93. The summed E-state index contributed by atoms with van der Waals surface area (Å²) in [6.07, 6.45) is 3.40. The molecule has 1 N–H and O–H groups in total. The molecular weight excluding hydrogens is 488 g/mol. The van der Waals surface area contributed by atoms with Gasteiger partial charge in [-0.2, -0.15) is 5.10 Å². The smallest absolute Gasteiger partial charge is 0.270 e. The van der Waals surface area contributed by atoms with Gasteiger partial charge in [0.25, 0.3) is 11.8 Å². The number of carbonyl (C=O) groups excluding carboxylic acids is 2. The number of aromatic nitrogens is 2. The highest BCUT2D eigenvalue weighted by molar-refractivity contribution is 6.05. The predicted octanol–water partition coefficient (Wildman–Crippen LogP) is 5.25. The highest BCUT2D eigenvalue weighted by Gasteiger charge is 2.29. The quantitative estimate of drug-likeness (QED) is 0.352. The van der Waals surface area contributed by atoms with Gasteiger partial charge in [0.2, 0.25) is 0 Å². The van der Waals surface area contributed by atoms with E-state index in [-0.39, 0.29) is 29.7 Å². The van der Waals surface area contributed by atoms with Crippen LogP contribution in [0.3, 0.4) is 0 Å². The lowest BCUT2D eigenvalue weighted by atomic mass is 10.1. The number of ether oxygens (including phenoxy) is 1. The SMILES string of the molecule is Cc1ccc(C(=O)N/C(=C\c2cn(-c3ccccc3)nc2-c2ccccc2)C(=O)N2C[C@H](C)O[C@@H](C)C2)cc1.